The van der Waals surface area contributed by atoms with E-state index in [1.165, 1.54) is 40.9 Å². The molecule has 1 aromatic heterocycles. The summed E-state index contributed by atoms with van der Waals surface area (Å²) in [6.45, 7) is 0.580. The molecule has 4 rings (SSSR count). The molecule has 1 atom stereocenters. The van der Waals surface area contributed by atoms with Crippen LogP contribution in [0.25, 0.3) is 0 Å². The number of hydrogen-bond donors (Lipinski definition) is 2. The number of aromatic carboxylic acids is 1. The molecule has 2 N–H and O–H groups in total. The molecule has 0 radical (unpaired) electrons. The highest BCUT2D eigenvalue weighted by Crippen LogP contribution is 2.36. The Morgan fingerprint density at radius 1 is 1.07 bits per heavy atom. The fourth-order valence-corrected chi connectivity index (χ4v) is 3.96. The molecule has 4 nitrogen and oxygen atoms in total. The maximum atomic E-state index is 11.4. The Kier molecular flexibility index (Phi) is 4.88. The predicted molar refractivity (Wildman–Crippen MR) is 106 cm³/mol. The summed E-state index contributed by atoms with van der Waals surface area (Å²) in [6.07, 6.45) is 6.42. The van der Waals surface area contributed by atoms with E-state index in [2.05, 4.69) is 52.8 Å². The number of rotatable bonds is 6. The average molecular weight is 358 g/mol. The minimum atomic E-state index is -0.948. The monoisotopic (exact) mass is 358 g/mol. The Labute approximate surface area is 158 Å². The highest BCUT2D eigenvalue weighted by molar-refractivity contribution is 5.93. The first-order chi connectivity index (χ1) is 13.2. The van der Waals surface area contributed by atoms with Crippen molar-refractivity contribution >= 4 is 11.7 Å². The van der Waals surface area contributed by atoms with Gasteiger partial charge in [-0.15, -0.1) is 0 Å². The molecule has 0 aliphatic heterocycles. The summed E-state index contributed by atoms with van der Waals surface area (Å²) in [5.41, 5.74) is 6.24. The van der Waals surface area contributed by atoms with Gasteiger partial charge in [0.2, 0.25) is 0 Å². The molecular formula is C23H22N2O2. The van der Waals surface area contributed by atoms with Crippen molar-refractivity contribution in [3.05, 3.63) is 94.8 Å². The van der Waals surface area contributed by atoms with Crippen molar-refractivity contribution < 1.29 is 9.90 Å². The number of anilines is 1. The van der Waals surface area contributed by atoms with Crippen molar-refractivity contribution in [2.24, 2.45) is 0 Å². The standard InChI is InChI=1S/C23H22N2O2/c26-23(27)21-11-12-24-15-22(21)25-14-19-7-2-1-6-17(19)13-18-10-9-16-5-3-4-8-20(16)18/h1-8,11-12,15,18,25H,9-10,13-14H2,(H,26,27). The van der Waals surface area contributed by atoms with Gasteiger partial charge < -0.3 is 10.4 Å². The number of pyridine rings is 1. The van der Waals surface area contributed by atoms with Crippen molar-refractivity contribution in [1.82, 2.24) is 4.98 Å². The fourth-order valence-electron chi connectivity index (χ4n) is 3.96. The van der Waals surface area contributed by atoms with Gasteiger partial charge in [0.25, 0.3) is 0 Å². The van der Waals surface area contributed by atoms with Gasteiger partial charge in [0, 0.05) is 12.7 Å². The van der Waals surface area contributed by atoms with E-state index in [-0.39, 0.29) is 5.56 Å². The fraction of sp³-hybridized carbons (Fsp3) is 0.217. The molecule has 0 saturated carbocycles. The number of benzene rings is 2. The first-order valence-corrected chi connectivity index (χ1v) is 9.28. The second-order valence-electron chi connectivity index (χ2n) is 6.99. The molecule has 0 amide bonds. The molecule has 136 valence electrons. The molecular weight excluding hydrogens is 336 g/mol. The minimum Gasteiger partial charge on any atom is -0.478 e. The lowest BCUT2D eigenvalue weighted by molar-refractivity contribution is 0.0698. The number of carboxylic acid groups (broad SMARTS) is 1. The maximum Gasteiger partial charge on any atom is 0.337 e. The van der Waals surface area contributed by atoms with Crippen LogP contribution < -0.4 is 5.32 Å². The van der Waals surface area contributed by atoms with Gasteiger partial charge >= 0.3 is 5.97 Å². The molecule has 0 spiro atoms. The van der Waals surface area contributed by atoms with Gasteiger partial charge in [0.15, 0.2) is 0 Å². The number of fused-ring (bicyclic) bond motifs is 1. The Morgan fingerprint density at radius 2 is 1.85 bits per heavy atom. The number of carboxylic acids is 1. The third kappa shape index (κ3) is 3.70. The number of nitrogens with one attached hydrogen (secondary N) is 1. The van der Waals surface area contributed by atoms with Crippen molar-refractivity contribution in [3.8, 4) is 0 Å². The Hall–Kier alpha value is -3.14. The van der Waals surface area contributed by atoms with Crippen molar-refractivity contribution in [2.45, 2.75) is 31.7 Å². The second kappa shape index (κ2) is 7.62. The van der Waals surface area contributed by atoms with E-state index in [0.29, 0.717) is 18.2 Å². The predicted octanol–water partition coefficient (Wildman–Crippen LogP) is 4.66. The highest BCUT2D eigenvalue weighted by atomic mass is 16.4. The molecule has 3 aromatic rings. The summed E-state index contributed by atoms with van der Waals surface area (Å²) < 4.78 is 0. The summed E-state index contributed by atoms with van der Waals surface area (Å²) >= 11 is 0. The molecule has 1 unspecified atom stereocenters. The first kappa shape index (κ1) is 17.3. The van der Waals surface area contributed by atoms with Crippen LogP contribution in [-0.2, 0) is 19.4 Å². The summed E-state index contributed by atoms with van der Waals surface area (Å²) in [5.74, 6) is -0.397. The SMILES string of the molecule is O=C(O)c1ccncc1NCc1ccccc1CC1CCc2ccccc21. The Balaban J connectivity index is 1.52. The van der Waals surface area contributed by atoms with E-state index in [0.717, 1.165) is 12.8 Å². The number of hydrogen-bond acceptors (Lipinski definition) is 3. The van der Waals surface area contributed by atoms with Crippen molar-refractivity contribution in [3.63, 3.8) is 0 Å². The van der Waals surface area contributed by atoms with Crippen LogP contribution in [-0.4, -0.2) is 16.1 Å². The molecule has 4 heteroatoms. The molecule has 0 saturated heterocycles. The van der Waals surface area contributed by atoms with Crippen LogP contribution >= 0.6 is 0 Å². The molecule has 0 bridgehead atoms. The zero-order chi connectivity index (χ0) is 18.6. The van der Waals surface area contributed by atoms with Crippen molar-refractivity contribution in [2.75, 3.05) is 5.32 Å². The lowest BCUT2D eigenvalue weighted by Crippen LogP contribution is -2.09. The van der Waals surface area contributed by atoms with E-state index in [9.17, 15) is 9.90 Å². The average Bonchev–Trinajstić information content (AvgIpc) is 3.10. The maximum absolute atomic E-state index is 11.4. The van der Waals surface area contributed by atoms with Gasteiger partial charge in [0.05, 0.1) is 17.4 Å². The molecule has 2 aromatic carbocycles. The van der Waals surface area contributed by atoms with E-state index in [1.54, 1.807) is 6.20 Å². The van der Waals surface area contributed by atoms with Crippen LogP contribution in [0, 0.1) is 0 Å². The zero-order valence-electron chi connectivity index (χ0n) is 15.1. The van der Waals surface area contributed by atoms with Gasteiger partial charge in [-0.2, -0.15) is 0 Å². The number of aromatic nitrogens is 1. The molecule has 1 aliphatic carbocycles. The molecule has 0 fully saturated rings. The quantitative estimate of drug-likeness (QED) is 0.672. The summed E-state index contributed by atoms with van der Waals surface area (Å²) in [5, 5.41) is 12.6. The Bertz CT molecular complexity index is 968. The minimum absolute atomic E-state index is 0.243. The summed E-state index contributed by atoms with van der Waals surface area (Å²) in [7, 11) is 0. The molecule has 27 heavy (non-hydrogen) atoms. The van der Waals surface area contributed by atoms with Crippen molar-refractivity contribution in [1.29, 1.82) is 0 Å². The third-order valence-corrected chi connectivity index (χ3v) is 5.36. The third-order valence-electron chi connectivity index (χ3n) is 5.36. The number of nitrogens with zero attached hydrogens (tertiary/aromatic N) is 1. The van der Waals surface area contributed by atoms with Crippen LogP contribution in [0.15, 0.2) is 67.0 Å². The van der Waals surface area contributed by atoms with Gasteiger partial charge in [-0.25, -0.2) is 4.79 Å². The Morgan fingerprint density at radius 3 is 2.70 bits per heavy atom. The number of carbonyl (C=O) groups is 1. The van der Waals surface area contributed by atoms with E-state index in [4.69, 9.17) is 0 Å². The van der Waals surface area contributed by atoms with Gasteiger partial charge in [-0.05, 0) is 53.5 Å². The van der Waals surface area contributed by atoms with Crippen LogP contribution in [0.2, 0.25) is 0 Å². The van der Waals surface area contributed by atoms with E-state index in [1.807, 2.05) is 6.07 Å². The van der Waals surface area contributed by atoms with Crippen LogP contribution in [0.1, 0.15) is 45.0 Å². The van der Waals surface area contributed by atoms with Crippen LogP contribution in [0.3, 0.4) is 0 Å². The summed E-state index contributed by atoms with van der Waals surface area (Å²) in [6, 6.07) is 18.6. The van der Waals surface area contributed by atoms with Gasteiger partial charge in [0.1, 0.15) is 0 Å². The van der Waals surface area contributed by atoms with Crippen LogP contribution in [0.5, 0.6) is 0 Å². The lowest BCUT2D eigenvalue weighted by atomic mass is 9.91. The van der Waals surface area contributed by atoms with E-state index < -0.39 is 5.97 Å². The highest BCUT2D eigenvalue weighted by Gasteiger charge is 2.22. The van der Waals surface area contributed by atoms with Gasteiger partial charge in [-0.1, -0.05) is 48.5 Å². The topological polar surface area (TPSA) is 62.2 Å². The lowest BCUT2D eigenvalue weighted by Gasteiger charge is -2.16. The number of aryl methyl sites for hydroxylation is 1. The molecule has 1 heterocycles. The first-order valence-electron chi connectivity index (χ1n) is 9.28. The largest absolute Gasteiger partial charge is 0.478 e. The normalized spacial score (nSPS) is 15.3. The van der Waals surface area contributed by atoms with Gasteiger partial charge in [-0.3, -0.25) is 4.98 Å². The molecule has 1 aliphatic rings. The summed E-state index contributed by atoms with van der Waals surface area (Å²) in [4.78, 5) is 15.4. The van der Waals surface area contributed by atoms with Crippen LogP contribution in [0.4, 0.5) is 5.69 Å². The van der Waals surface area contributed by atoms with E-state index >= 15 is 0 Å². The second-order valence-corrected chi connectivity index (χ2v) is 6.99. The zero-order valence-corrected chi connectivity index (χ0v) is 15.1. The smallest absolute Gasteiger partial charge is 0.337 e.